The van der Waals surface area contributed by atoms with Gasteiger partial charge in [0.25, 0.3) is 5.56 Å². The summed E-state index contributed by atoms with van der Waals surface area (Å²) in [5.74, 6) is 1.90. The van der Waals surface area contributed by atoms with Crippen LogP contribution >= 0.6 is 11.8 Å². The van der Waals surface area contributed by atoms with E-state index in [0.29, 0.717) is 46.3 Å². The van der Waals surface area contributed by atoms with Crippen LogP contribution in [-0.2, 0) is 4.79 Å². The maximum Gasteiger partial charge on any atom is 0.257 e. The van der Waals surface area contributed by atoms with Crippen LogP contribution in [0.5, 0.6) is 11.5 Å². The number of nitrogens with zero attached hydrogens (tertiary/aromatic N) is 1. The first-order chi connectivity index (χ1) is 13.9. The molecule has 2 aromatic rings. The zero-order valence-electron chi connectivity index (χ0n) is 16.8. The molecule has 2 heterocycles. The average molecular weight is 416 g/mol. The lowest BCUT2D eigenvalue weighted by atomic mass is 9.86. The van der Waals surface area contributed by atoms with E-state index in [1.807, 2.05) is 18.2 Å². The number of rotatable bonds is 8. The third kappa shape index (κ3) is 4.82. The fourth-order valence-corrected chi connectivity index (χ4v) is 3.71. The molecule has 1 aromatic heterocycles. The van der Waals surface area contributed by atoms with Crippen LogP contribution in [0.2, 0.25) is 0 Å². The number of methoxy groups -OCH3 is 1. The Morgan fingerprint density at radius 1 is 1.34 bits per heavy atom. The molecule has 8 heteroatoms. The summed E-state index contributed by atoms with van der Waals surface area (Å²) in [7, 11) is 1.57. The van der Waals surface area contributed by atoms with Crippen molar-refractivity contribution in [2.45, 2.75) is 31.3 Å². The number of fused-ring (bicyclic) bond motifs is 1. The highest BCUT2D eigenvalue weighted by Crippen LogP contribution is 2.38. The van der Waals surface area contributed by atoms with Crippen LogP contribution < -0.4 is 20.3 Å². The smallest absolute Gasteiger partial charge is 0.257 e. The van der Waals surface area contributed by atoms with Gasteiger partial charge in [-0.15, -0.1) is 6.58 Å². The number of carbonyl (C=O) groups excluding carboxylic acids is 1. The maximum absolute atomic E-state index is 12.8. The van der Waals surface area contributed by atoms with Gasteiger partial charge >= 0.3 is 0 Å². The van der Waals surface area contributed by atoms with E-state index in [1.165, 1.54) is 11.8 Å². The third-order valence-electron chi connectivity index (χ3n) is 4.43. The van der Waals surface area contributed by atoms with E-state index in [-0.39, 0.29) is 17.9 Å². The number of anilines is 1. The zero-order chi connectivity index (χ0) is 21.0. The topological polar surface area (TPSA) is 93.3 Å². The van der Waals surface area contributed by atoms with E-state index >= 15 is 0 Å². The molecule has 7 nitrogen and oxygen atoms in total. The van der Waals surface area contributed by atoms with Gasteiger partial charge in [-0.1, -0.05) is 37.8 Å². The monoisotopic (exact) mass is 415 g/mol. The first-order valence-corrected chi connectivity index (χ1v) is 10.4. The molecule has 154 valence electrons. The molecule has 2 N–H and O–H groups in total. The van der Waals surface area contributed by atoms with Gasteiger partial charge in [0.2, 0.25) is 5.91 Å². The third-order valence-corrected chi connectivity index (χ3v) is 5.30. The van der Waals surface area contributed by atoms with Crippen LogP contribution in [0.4, 0.5) is 5.82 Å². The van der Waals surface area contributed by atoms with Gasteiger partial charge in [-0.05, 0) is 23.6 Å². The number of thioether (sulfide) groups is 1. The predicted molar refractivity (Wildman–Crippen MR) is 114 cm³/mol. The molecular weight excluding hydrogens is 390 g/mol. The van der Waals surface area contributed by atoms with Gasteiger partial charge in [-0.3, -0.25) is 9.59 Å². The Morgan fingerprint density at radius 3 is 2.83 bits per heavy atom. The molecule has 0 aliphatic carbocycles. The van der Waals surface area contributed by atoms with E-state index in [0.717, 1.165) is 5.56 Å². The van der Waals surface area contributed by atoms with Crippen LogP contribution in [0.3, 0.4) is 0 Å². The van der Waals surface area contributed by atoms with Crippen molar-refractivity contribution < 1.29 is 14.3 Å². The molecule has 1 aliphatic rings. The summed E-state index contributed by atoms with van der Waals surface area (Å²) in [6.45, 7) is 8.37. The van der Waals surface area contributed by atoms with Crippen molar-refractivity contribution in [2.75, 3.05) is 24.8 Å². The highest BCUT2D eigenvalue weighted by atomic mass is 32.2. The summed E-state index contributed by atoms with van der Waals surface area (Å²) >= 11 is 1.35. The van der Waals surface area contributed by atoms with Gasteiger partial charge in [0.15, 0.2) is 16.7 Å². The van der Waals surface area contributed by atoms with Crippen LogP contribution in [0.25, 0.3) is 0 Å². The lowest BCUT2D eigenvalue weighted by molar-refractivity contribution is -0.116. The summed E-state index contributed by atoms with van der Waals surface area (Å²) in [6.07, 6.45) is 1.88. The van der Waals surface area contributed by atoms with E-state index in [4.69, 9.17) is 9.47 Å². The number of hydrogen-bond acceptors (Lipinski definition) is 6. The minimum absolute atomic E-state index is 0.159. The predicted octanol–water partition coefficient (Wildman–Crippen LogP) is 3.57. The molecule has 0 spiro atoms. The van der Waals surface area contributed by atoms with Crippen LogP contribution in [0, 0.1) is 5.92 Å². The molecule has 0 bridgehead atoms. The molecule has 0 saturated heterocycles. The molecule has 1 aromatic carbocycles. The summed E-state index contributed by atoms with van der Waals surface area (Å²) in [5.41, 5.74) is 0.991. The molecule has 29 heavy (non-hydrogen) atoms. The van der Waals surface area contributed by atoms with Gasteiger partial charge in [0.1, 0.15) is 5.82 Å². The van der Waals surface area contributed by atoms with Crippen molar-refractivity contribution in [3.63, 3.8) is 0 Å². The SMILES string of the molecule is C=CCSc1nc2c(c(=O)[nH]1)[C@@H](c1ccc(OCC(C)C)c(OC)c1)CC(=O)N2. The quantitative estimate of drug-likeness (QED) is 0.389. The second kappa shape index (κ2) is 9.17. The Labute approximate surface area is 173 Å². The van der Waals surface area contributed by atoms with E-state index in [1.54, 1.807) is 13.2 Å². The Bertz CT molecular complexity index is 971. The lowest BCUT2D eigenvalue weighted by Crippen LogP contribution is -2.31. The second-order valence-electron chi connectivity index (χ2n) is 7.15. The van der Waals surface area contributed by atoms with Crippen molar-refractivity contribution in [1.29, 1.82) is 0 Å². The highest BCUT2D eigenvalue weighted by molar-refractivity contribution is 7.99. The van der Waals surface area contributed by atoms with Crippen molar-refractivity contribution in [2.24, 2.45) is 5.92 Å². The Kier molecular flexibility index (Phi) is 6.64. The average Bonchev–Trinajstić information content (AvgIpc) is 2.69. The summed E-state index contributed by atoms with van der Waals surface area (Å²) < 4.78 is 11.3. The number of aromatic nitrogens is 2. The first kappa shape index (κ1) is 21.0. The van der Waals surface area contributed by atoms with Crippen molar-refractivity contribution in [3.05, 3.63) is 52.3 Å². The minimum Gasteiger partial charge on any atom is -0.493 e. The molecule has 1 aliphatic heterocycles. The number of nitrogens with one attached hydrogen (secondary N) is 2. The van der Waals surface area contributed by atoms with E-state index < -0.39 is 5.92 Å². The lowest BCUT2D eigenvalue weighted by Gasteiger charge is -2.25. The molecule has 3 rings (SSSR count). The summed E-state index contributed by atoms with van der Waals surface area (Å²) in [6, 6.07) is 5.51. The van der Waals surface area contributed by atoms with E-state index in [2.05, 4.69) is 35.7 Å². The number of hydrogen-bond donors (Lipinski definition) is 2. The Morgan fingerprint density at radius 2 is 2.14 bits per heavy atom. The van der Waals surface area contributed by atoms with E-state index in [9.17, 15) is 9.59 Å². The highest BCUT2D eigenvalue weighted by Gasteiger charge is 2.31. The van der Waals surface area contributed by atoms with Gasteiger partial charge in [0, 0.05) is 18.1 Å². The molecule has 1 atom stereocenters. The van der Waals surface area contributed by atoms with Crippen molar-refractivity contribution in [3.8, 4) is 11.5 Å². The Balaban J connectivity index is 1.99. The maximum atomic E-state index is 12.8. The number of carbonyl (C=O) groups is 1. The fraction of sp³-hybridized carbons (Fsp3) is 0.381. The van der Waals surface area contributed by atoms with Crippen molar-refractivity contribution in [1.82, 2.24) is 9.97 Å². The largest absolute Gasteiger partial charge is 0.493 e. The molecule has 0 radical (unpaired) electrons. The standard InChI is InChI=1S/C21H25N3O4S/c1-5-8-29-21-23-19-18(20(26)24-21)14(10-17(25)22-19)13-6-7-15(16(9-13)27-4)28-11-12(2)3/h5-7,9,12,14H,1,8,10-11H2,2-4H3,(H2,22,23,24,25,26)/t14-/m1/s1. The summed E-state index contributed by atoms with van der Waals surface area (Å²) in [5, 5.41) is 3.17. The molecule has 0 fully saturated rings. The normalized spacial score (nSPS) is 15.6. The van der Waals surface area contributed by atoms with Gasteiger partial charge < -0.3 is 19.8 Å². The van der Waals surface area contributed by atoms with Crippen LogP contribution in [0.15, 0.2) is 40.8 Å². The zero-order valence-corrected chi connectivity index (χ0v) is 17.6. The van der Waals surface area contributed by atoms with Gasteiger partial charge in [-0.25, -0.2) is 4.98 Å². The van der Waals surface area contributed by atoms with Gasteiger partial charge in [-0.2, -0.15) is 0 Å². The van der Waals surface area contributed by atoms with Gasteiger partial charge in [0.05, 0.1) is 19.3 Å². The molecule has 1 amide bonds. The fourth-order valence-electron chi connectivity index (χ4n) is 3.12. The van der Waals surface area contributed by atoms with Crippen molar-refractivity contribution >= 4 is 23.5 Å². The molecular formula is C21H25N3O4S. The minimum atomic E-state index is -0.415. The number of ether oxygens (including phenoxy) is 2. The van der Waals surface area contributed by atoms with Crippen LogP contribution in [-0.4, -0.2) is 35.3 Å². The second-order valence-corrected chi connectivity index (χ2v) is 8.16. The molecule has 0 saturated carbocycles. The number of amides is 1. The Hall–Kier alpha value is -2.74. The summed E-state index contributed by atoms with van der Waals surface area (Å²) in [4.78, 5) is 32.3. The molecule has 0 unspecified atom stereocenters. The number of benzene rings is 1. The van der Waals surface area contributed by atoms with Crippen LogP contribution in [0.1, 0.15) is 37.3 Å². The number of aromatic amines is 1. The first-order valence-electron chi connectivity index (χ1n) is 9.41. The number of H-pyrrole nitrogens is 1.